The fourth-order valence-electron chi connectivity index (χ4n) is 4.46. The van der Waals surface area contributed by atoms with Gasteiger partial charge in [0.2, 0.25) is 0 Å². The van der Waals surface area contributed by atoms with Crippen LogP contribution in [-0.2, 0) is 4.74 Å². The van der Waals surface area contributed by atoms with E-state index in [4.69, 9.17) is 4.74 Å². The number of unbranched alkanes of at least 4 members (excludes halogenated alkanes) is 5. The number of hydrogen-bond donors (Lipinski definition) is 0. The summed E-state index contributed by atoms with van der Waals surface area (Å²) in [6, 6.07) is 0. The fourth-order valence-corrected chi connectivity index (χ4v) is 4.46. The first-order valence-electron chi connectivity index (χ1n) is 8.37. The molecule has 3 atom stereocenters. The largest absolute Gasteiger partial charge is 0.383 e. The minimum atomic E-state index is 0.351. The molecule has 2 saturated heterocycles. The van der Waals surface area contributed by atoms with Crippen molar-refractivity contribution in [3.8, 4) is 0 Å². The van der Waals surface area contributed by atoms with Gasteiger partial charge in [0.1, 0.15) is 0 Å². The van der Waals surface area contributed by atoms with Crippen molar-refractivity contribution >= 4 is 6.71 Å². The van der Waals surface area contributed by atoms with Crippen molar-refractivity contribution in [1.82, 2.24) is 0 Å². The third-order valence-corrected chi connectivity index (χ3v) is 5.42. The van der Waals surface area contributed by atoms with E-state index >= 15 is 0 Å². The molecule has 0 spiro atoms. The van der Waals surface area contributed by atoms with Crippen LogP contribution in [0.25, 0.3) is 0 Å². The van der Waals surface area contributed by atoms with Crippen LogP contribution in [0.4, 0.5) is 0 Å². The Kier molecular flexibility index (Phi) is 5.18. The second-order valence-corrected chi connectivity index (χ2v) is 6.76. The molecule has 2 aliphatic rings. The third-order valence-electron chi connectivity index (χ3n) is 5.42. The maximum atomic E-state index is 6.27. The first-order valence-corrected chi connectivity index (χ1v) is 8.37. The van der Waals surface area contributed by atoms with Crippen LogP contribution >= 0.6 is 0 Å². The molecule has 2 rings (SSSR count). The number of hydrogen-bond acceptors (Lipinski definition) is 1. The zero-order valence-corrected chi connectivity index (χ0v) is 12.7. The zero-order chi connectivity index (χ0) is 13.0. The molecule has 0 radical (unpaired) electrons. The van der Waals surface area contributed by atoms with E-state index in [2.05, 4.69) is 20.8 Å². The predicted molar refractivity (Wildman–Crippen MR) is 80.5 cm³/mol. The highest BCUT2D eigenvalue weighted by Crippen LogP contribution is 2.62. The lowest BCUT2D eigenvalue weighted by molar-refractivity contribution is -0.0484. The van der Waals surface area contributed by atoms with Crippen molar-refractivity contribution in [1.29, 1.82) is 0 Å². The van der Waals surface area contributed by atoms with E-state index < -0.39 is 0 Å². The highest BCUT2D eigenvalue weighted by molar-refractivity contribution is 6.71. The molecule has 1 nitrogen and oxygen atoms in total. The van der Waals surface area contributed by atoms with Crippen molar-refractivity contribution in [3.63, 3.8) is 0 Å². The minimum absolute atomic E-state index is 0.351. The first-order chi connectivity index (χ1) is 8.73. The molecule has 2 heteroatoms. The number of rotatable bonds is 9. The van der Waals surface area contributed by atoms with Gasteiger partial charge in [0.15, 0.2) is 6.71 Å². The van der Waals surface area contributed by atoms with Crippen LogP contribution in [0.3, 0.4) is 0 Å². The number of fused-ring (bicyclic) bond motifs is 1. The molecule has 0 saturated carbocycles. The second kappa shape index (κ2) is 6.46. The summed E-state index contributed by atoms with van der Waals surface area (Å²) < 4.78 is 6.27. The van der Waals surface area contributed by atoms with Gasteiger partial charge in [-0.2, -0.15) is 0 Å². The van der Waals surface area contributed by atoms with E-state index in [-0.39, 0.29) is 0 Å². The van der Waals surface area contributed by atoms with Gasteiger partial charge in [0, 0.05) is 12.1 Å². The van der Waals surface area contributed by atoms with Crippen LogP contribution < -0.4 is 0 Å². The molecule has 0 bridgehead atoms. The lowest BCUT2D eigenvalue weighted by Gasteiger charge is -2.64. The normalized spacial score (nSPS) is 33.8. The van der Waals surface area contributed by atoms with E-state index in [1.54, 1.807) is 0 Å². The topological polar surface area (TPSA) is 9.23 Å². The van der Waals surface area contributed by atoms with Crippen LogP contribution in [0.2, 0.25) is 11.6 Å². The highest BCUT2D eigenvalue weighted by atomic mass is 16.5. The van der Waals surface area contributed by atoms with Gasteiger partial charge in [-0.1, -0.05) is 70.9 Å². The Hall–Kier alpha value is 0.0249. The van der Waals surface area contributed by atoms with Crippen LogP contribution in [0, 0.1) is 0 Å². The number of ether oxygens (including phenoxy) is 1. The molecule has 0 aromatic carbocycles. The van der Waals surface area contributed by atoms with Crippen molar-refractivity contribution in [2.45, 2.75) is 95.7 Å². The van der Waals surface area contributed by atoms with Crippen molar-refractivity contribution in [2.75, 3.05) is 6.61 Å². The second-order valence-electron chi connectivity index (χ2n) is 6.76. The van der Waals surface area contributed by atoms with E-state index in [9.17, 15) is 0 Å². The Balaban J connectivity index is 1.55. The van der Waals surface area contributed by atoms with Crippen molar-refractivity contribution in [2.24, 2.45) is 0 Å². The molecule has 2 aliphatic heterocycles. The van der Waals surface area contributed by atoms with Crippen LogP contribution in [0.5, 0.6) is 0 Å². The van der Waals surface area contributed by atoms with Gasteiger partial charge in [0.05, 0.1) is 0 Å². The van der Waals surface area contributed by atoms with E-state index in [0.717, 1.165) is 25.0 Å². The highest BCUT2D eigenvalue weighted by Gasteiger charge is 2.66. The Bertz CT molecular complexity index is 255. The maximum absolute atomic E-state index is 6.27. The average Bonchev–Trinajstić information content (AvgIpc) is 2.34. The summed E-state index contributed by atoms with van der Waals surface area (Å²) in [7, 11) is 0. The average molecular weight is 250 g/mol. The van der Waals surface area contributed by atoms with Gasteiger partial charge in [-0.05, 0) is 19.3 Å². The molecule has 3 unspecified atom stereocenters. The molecule has 0 aromatic rings. The molecule has 2 fully saturated rings. The molecule has 0 aliphatic carbocycles. The smallest absolute Gasteiger partial charge is 0.186 e. The Morgan fingerprint density at radius 1 is 1.06 bits per heavy atom. The SMILES string of the molecule is CCCCCCCCOC12CC(C)B1C(CC)C2. The van der Waals surface area contributed by atoms with E-state index in [1.807, 2.05) is 0 Å². The van der Waals surface area contributed by atoms with Crippen LogP contribution in [-0.4, -0.2) is 18.8 Å². The summed E-state index contributed by atoms with van der Waals surface area (Å²) in [5.41, 5.74) is 0.351. The summed E-state index contributed by atoms with van der Waals surface area (Å²) in [6.45, 7) is 8.96. The summed E-state index contributed by atoms with van der Waals surface area (Å²) in [5, 5.41) is 0. The molecule has 0 amide bonds. The molecule has 18 heavy (non-hydrogen) atoms. The van der Waals surface area contributed by atoms with Gasteiger partial charge in [-0.3, -0.25) is 0 Å². The van der Waals surface area contributed by atoms with Gasteiger partial charge < -0.3 is 4.74 Å². The molecule has 0 aromatic heterocycles. The minimum Gasteiger partial charge on any atom is -0.383 e. The Morgan fingerprint density at radius 3 is 2.44 bits per heavy atom. The van der Waals surface area contributed by atoms with E-state index in [1.165, 1.54) is 57.8 Å². The summed E-state index contributed by atoms with van der Waals surface area (Å²) in [4.78, 5) is 0. The quantitative estimate of drug-likeness (QED) is 0.408. The van der Waals surface area contributed by atoms with Crippen LogP contribution in [0.1, 0.15) is 78.6 Å². The molecular formula is C16H31BO. The maximum Gasteiger partial charge on any atom is 0.186 e. The predicted octanol–water partition coefficient (Wildman–Crippen LogP) is 5.11. The molecule has 0 N–H and O–H groups in total. The fraction of sp³-hybridized carbons (Fsp3) is 1.00. The standard InChI is InChI=1S/C16H31BO/c1-4-6-7-8-9-10-11-18-16-12-14(3)17(16)15(5-2)13-16/h14-15H,4-13H2,1-3H3. The first kappa shape index (κ1) is 14.4. The summed E-state index contributed by atoms with van der Waals surface area (Å²) in [5.74, 6) is 1.89. The van der Waals surface area contributed by atoms with Crippen LogP contribution in [0.15, 0.2) is 0 Å². The molecule has 2 heterocycles. The van der Waals surface area contributed by atoms with Gasteiger partial charge >= 0.3 is 0 Å². The Morgan fingerprint density at radius 2 is 1.78 bits per heavy atom. The van der Waals surface area contributed by atoms with E-state index in [0.29, 0.717) is 5.50 Å². The summed E-state index contributed by atoms with van der Waals surface area (Å²) in [6.07, 6.45) is 12.3. The molecular weight excluding hydrogens is 219 g/mol. The lowest BCUT2D eigenvalue weighted by atomic mass is 9.07. The lowest BCUT2D eigenvalue weighted by Crippen LogP contribution is -2.71. The van der Waals surface area contributed by atoms with Gasteiger partial charge in [-0.25, -0.2) is 0 Å². The van der Waals surface area contributed by atoms with Crippen molar-refractivity contribution < 1.29 is 4.74 Å². The monoisotopic (exact) mass is 250 g/mol. The van der Waals surface area contributed by atoms with Gasteiger partial charge in [-0.15, -0.1) is 0 Å². The van der Waals surface area contributed by atoms with Crippen molar-refractivity contribution in [3.05, 3.63) is 0 Å². The zero-order valence-electron chi connectivity index (χ0n) is 12.7. The molecule has 104 valence electrons. The third kappa shape index (κ3) is 2.79. The Labute approximate surface area is 114 Å². The van der Waals surface area contributed by atoms with Gasteiger partial charge in [0.25, 0.3) is 0 Å². The summed E-state index contributed by atoms with van der Waals surface area (Å²) >= 11 is 0.